The molecule has 0 spiro atoms. The van der Waals surface area contributed by atoms with Gasteiger partial charge in [-0.2, -0.15) is 0 Å². The highest BCUT2D eigenvalue weighted by molar-refractivity contribution is 5.68. The maximum Gasteiger partial charge on any atom is 0.407 e. The van der Waals surface area contributed by atoms with Crippen molar-refractivity contribution in [3.05, 3.63) is 0 Å². The molecule has 4 nitrogen and oxygen atoms in total. The summed E-state index contributed by atoms with van der Waals surface area (Å²) in [6.45, 7) is 5.62. The van der Waals surface area contributed by atoms with Gasteiger partial charge in [0.05, 0.1) is 6.10 Å². The van der Waals surface area contributed by atoms with E-state index in [9.17, 15) is 9.90 Å². The summed E-state index contributed by atoms with van der Waals surface area (Å²) in [5, 5.41) is 12.6. The van der Waals surface area contributed by atoms with E-state index in [0.717, 1.165) is 32.1 Å². The average Bonchev–Trinajstić information content (AvgIpc) is 2.55. The van der Waals surface area contributed by atoms with Crippen molar-refractivity contribution in [2.24, 2.45) is 11.8 Å². The molecule has 0 saturated heterocycles. The van der Waals surface area contributed by atoms with E-state index in [1.54, 1.807) is 0 Å². The maximum atomic E-state index is 11.7. The van der Waals surface area contributed by atoms with Crippen molar-refractivity contribution in [1.82, 2.24) is 5.32 Å². The highest BCUT2D eigenvalue weighted by Gasteiger charge is 2.39. The Morgan fingerprint density at radius 1 is 1.17 bits per heavy atom. The molecule has 0 unspecified atom stereocenters. The first-order chi connectivity index (χ1) is 8.33. The zero-order valence-corrected chi connectivity index (χ0v) is 11.6. The minimum absolute atomic E-state index is 0.133. The molecule has 0 aromatic heterocycles. The molecule has 104 valence electrons. The summed E-state index contributed by atoms with van der Waals surface area (Å²) in [5.74, 6) is 1.25. The van der Waals surface area contributed by atoms with Gasteiger partial charge >= 0.3 is 6.09 Å². The number of nitrogens with one attached hydrogen (secondary N) is 1. The third-order valence-corrected chi connectivity index (χ3v) is 4.01. The highest BCUT2D eigenvalue weighted by Crippen LogP contribution is 2.42. The Hall–Kier alpha value is -0.770. The predicted octanol–water partition coefficient (Wildman–Crippen LogP) is 2.45. The Kier molecular flexibility index (Phi) is 3.85. The van der Waals surface area contributed by atoms with Crippen molar-refractivity contribution in [2.45, 2.75) is 70.6 Å². The molecule has 2 aliphatic carbocycles. The van der Waals surface area contributed by atoms with Crippen LogP contribution in [0.5, 0.6) is 0 Å². The number of amides is 1. The molecule has 2 rings (SSSR count). The Balaban J connectivity index is 1.80. The van der Waals surface area contributed by atoms with Crippen LogP contribution in [0, 0.1) is 11.8 Å². The van der Waals surface area contributed by atoms with Crippen LogP contribution in [0.15, 0.2) is 0 Å². The summed E-state index contributed by atoms with van der Waals surface area (Å²) in [4.78, 5) is 11.7. The van der Waals surface area contributed by atoms with Gasteiger partial charge in [0.2, 0.25) is 0 Å². The number of alkyl carbamates (subject to hydrolysis) is 1. The first-order valence-electron chi connectivity index (χ1n) is 7.01. The lowest BCUT2D eigenvalue weighted by molar-refractivity contribution is 0.0504. The zero-order chi connectivity index (χ0) is 13.3. The second-order valence-corrected chi connectivity index (χ2v) is 6.80. The molecule has 0 aliphatic heterocycles. The fourth-order valence-electron chi connectivity index (χ4n) is 3.32. The molecular weight excluding hydrogens is 230 g/mol. The molecule has 0 bridgehead atoms. The fourth-order valence-corrected chi connectivity index (χ4v) is 3.32. The van der Waals surface area contributed by atoms with Gasteiger partial charge in [0.25, 0.3) is 0 Å². The number of aliphatic hydroxyl groups is 1. The summed E-state index contributed by atoms with van der Waals surface area (Å²) in [5.41, 5.74) is -0.439. The van der Waals surface area contributed by atoms with Crippen LogP contribution in [0.4, 0.5) is 4.79 Å². The molecule has 4 atom stereocenters. The van der Waals surface area contributed by atoms with E-state index in [4.69, 9.17) is 4.74 Å². The second-order valence-electron chi connectivity index (χ2n) is 6.80. The molecule has 2 aliphatic rings. The minimum atomic E-state index is -0.439. The summed E-state index contributed by atoms with van der Waals surface area (Å²) >= 11 is 0. The zero-order valence-electron chi connectivity index (χ0n) is 11.6. The lowest BCUT2D eigenvalue weighted by atomic mass is 9.80. The molecule has 0 aromatic carbocycles. The number of hydrogen-bond acceptors (Lipinski definition) is 3. The molecule has 0 aromatic rings. The average molecular weight is 255 g/mol. The molecule has 0 heterocycles. The van der Waals surface area contributed by atoms with Crippen LogP contribution in [0.3, 0.4) is 0 Å². The van der Waals surface area contributed by atoms with Crippen molar-refractivity contribution in [3.63, 3.8) is 0 Å². The number of aliphatic hydroxyl groups excluding tert-OH is 1. The van der Waals surface area contributed by atoms with Crippen molar-refractivity contribution in [2.75, 3.05) is 0 Å². The van der Waals surface area contributed by atoms with E-state index in [0.29, 0.717) is 11.8 Å². The van der Waals surface area contributed by atoms with E-state index in [-0.39, 0.29) is 18.2 Å². The van der Waals surface area contributed by atoms with Gasteiger partial charge in [0.15, 0.2) is 0 Å². The van der Waals surface area contributed by atoms with Crippen LogP contribution in [0.1, 0.15) is 52.9 Å². The first-order valence-corrected chi connectivity index (χ1v) is 7.01. The van der Waals surface area contributed by atoms with Gasteiger partial charge in [-0.3, -0.25) is 0 Å². The number of carbonyl (C=O) groups is 1. The van der Waals surface area contributed by atoms with Crippen LogP contribution in [0.2, 0.25) is 0 Å². The molecule has 1 amide bonds. The Morgan fingerprint density at radius 3 is 2.50 bits per heavy atom. The molecule has 2 saturated carbocycles. The molecule has 4 heteroatoms. The third kappa shape index (κ3) is 3.61. The second kappa shape index (κ2) is 5.08. The number of fused-ring (bicyclic) bond motifs is 1. The number of ether oxygens (including phenoxy) is 1. The Bertz CT molecular complexity index is 311. The highest BCUT2D eigenvalue weighted by atomic mass is 16.6. The van der Waals surface area contributed by atoms with Crippen LogP contribution in [0.25, 0.3) is 0 Å². The molecular formula is C14H25NO3. The lowest BCUT2D eigenvalue weighted by Crippen LogP contribution is -2.38. The van der Waals surface area contributed by atoms with Crippen molar-refractivity contribution in [1.29, 1.82) is 0 Å². The quantitative estimate of drug-likeness (QED) is 0.756. The number of hydrogen-bond donors (Lipinski definition) is 2. The van der Waals surface area contributed by atoms with Crippen LogP contribution in [-0.2, 0) is 4.74 Å². The number of rotatable bonds is 1. The van der Waals surface area contributed by atoms with E-state index in [1.807, 2.05) is 20.8 Å². The summed E-state index contributed by atoms with van der Waals surface area (Å²) in [7, 11) is 0. The summed E-state index contributed by atoms with van der Waals surface area (Å²) < 4.78 is 5.27. The van der Waals surface area contributed by atoms with Crippen LogP contribution >= 0.6 is 0 Å². The molecule has 18 heavy (non-hydrogen) atoms. The monoisotopic (exact) mass is 255 g/mol. The van der Waals surface area contributed by atoms with Gasteiger partial charge in [-0.05, 0) is 64.7 Å². The third-order valence-electron chi connectivity index (χ3n) is 4.01. The van der Waals surface area contributed by atoms with Gasteiger partial charge < -0.3 is 15.2 Å². The largest absolute Gasteiger partial charge is 0.444 e. The van der Waals surface area contributed by atoms with Crippen LogP contribution < -0.4 is 5.32 Å². The van der Waals surface area contributed by atoms with Gasteiger partial charge in [-0.1, -0.05) is 0 Å². The SMILES string of the molecule is CC(C)(C)OC(=O)N[C@H]1C[C@H]2C[C@H](O)CC[C@H]2C1. The summed E-state index contributed by atoms with van der Waals surface area (Å²) in [6.07, 6.45) is 4.49. The molecule has 2 fully saturated rings. The Labute approximate surface area is 109 Å². The van der Waals surface area contributed by atoms with Crippen LogP contribution in [-0.4, -0.2) is 28.9 Å². The fraction of sp³-hybridized carbons (Fsp3) is 0.929. The van der Waals surface area contributed by atoms with Gasteiger partial charge in [0.1, 0.15) is 5.60 Å². The smallest absolute Gasteiger partial charge is 0.407 e. The topological polar surface area (TPSA) is 58.6 Å². The summed E-state index contributed by atoms with van der Waals surface area (Å²) in [6, 6.07) is 0.222. The van der Waals surface area contributed by atoms with Crippen molar-refractivity contribution in [3.8, 4) is 0 Å². The van der Waals surface area contributed by atoms with Gasteiger partial charge in [0, 0.05) is 6.04 Å². The Morgan fingerprint density at radius 2 is 1.83 bits per heavy atom. The van der Waals surface area contributed by atoms with E-state index in [2.05, 4.69) is 5.32 Å². The van der Waals surface area contributed by atoms with Gasteiger partial charge in [-0.25, -0.2) is 4.79 Å². The standard InChI is InChI=1S/C14H25NO3/c1-14(2,3)18-13(17)15-11-6-9-4-5-12(16)8-10(9)7-11/h9-12,16H,4-8H2,1-3H3,(H,15,17)/t9-,10-,11+,12+/m0/s1. The minimum Gasteiger partial charge on any atom is -0.444 e. The lowest BCUT2D eigenvalue weighted by Gasteiger charge is -2.28. The first kappa shape index (κ1) is 13.7. The molecule has 0 radical (unpaired) electrons. The van der Waals surface area contributed by atoms with E-state index >= 15 is 0 Å². The normalized spacial score (nSPS) is 36.0. The number of carbonyl (C=O) groups excluding carboxylic acids is 1. The van der Waals surface area contributed by atoms with Crippen molar-refractivity contribution < 1.29 is 14.6 Å². The van der Waals surface area contributed by atoms with E-state index in [1.165, 1.54) is 0 Å². The van der Waals surface area contributed by atoms with Crippen molar-refractivity contribution >= 4 is 6.09 Å². The van der Waals surface area contributed by atoms with Gasteiger partial charge in [-0.15, -0.1) is 0 Å². The predicted molar refractivity (Wildman–Crippen MR) is 69.2 cm³/mol. The maximum absolute atomic E-state index is 11.7. The van der Waals surface area contributed by atoms with E-state index < -0.39 is 5.60 Å². The molecule has 2 N–H and O–H groups in total.